The van der Waals surface area contributed by atoms with Gasteiger partial charge in [0.15, 0.2) is 11.5 Å². The summed E-state index contributed by atoms with van der Waals surface area (Å²) in [6.07, 6.45) is 0.858. The number of benzene rings is 2. The quantitative estimate of drug-likeness (QED) is 0.570. The number of hydrogen-bond donors (Lipinski definition) is 3. The van der Waals surface area contributed by atoms with Crippen molar-refractivity contribution in [2.24, 2.45) is 0 Å². The van der Waals surface area contributed by atoms with Crippen LogP contribution in [0.3, 0.4) is 0 Å². The van der Waals surface area contributed by atoms with Crippen molar-refractivity contribution in [3.63, 3.8) is 0 Å². The first kappa shape index (κ1) is 17.3. The van der Waals surface area contributed by atoms with Crippen molar-refractivity contribution < 1.29 is 10.2 Å². The van der Waals surface area contributed by atoms with Gasteiger partial charge in [-0.1, -0.05) is 23.7 Å². The van der Waals surface area contributed by atoms with Crippen LogP contribution in [-0.2, 0) is 6.42 Å². The van der Waals surface area contributed by atoms with Crippen LogP contribution in [0.2, 0.25) is 5.02 Å². The molecular weight excluding hydrogens is 341 g/mol. The molecule has 0 spiro atoms. The molecule has 1 unspecified atom stereocenters. The topological polar surface area (TPSA) is 52.5 Å². The molecule has 3 rings (SSSR count). The van der Waals surface area contributed by atoms with E-state index in [-0.39, 0.29) is 29.9 Å². The number of thioether (sulfide) groups is 1. The van der Waals surface area contributed by atoms with E-state index in [1.54, 1.807) is 23.9 Å². The molecule has 0 aliphatic carbocycles. The highest BCUT2D eigenvalue weighted by Gasteiger charge is 2.22. The molecule has 6 heteroatoms. The fourth-order valence-corrected chi connectivity index (χ4v) is 3.88. The molecule has 1 aliphatic heterocycles. The highest BCUT2D eigenvalue weighted by Crippen LogP contribution is 2.36. The second-order valence-corrected chi connectivity index (χ2v) is 6.51. The number of phenolic OH excluding ortho intramolecular Hbond substituents is 2. The van der Waals surface area contributed by atoms with Gasteiger partial charge in [0.1, 0.15) is 0 Å². The van der Waals surface area contributed by atoms with Crippen LogP contribution in [0, 0.1) is 0 Å². The summed E-state index contributed by atoms with van der Waals surface area (Å²) in [4.78, 5) is 1.05. The molecule has 0 bridgehead atoms. The maximum atomic E-state index is 9.72. The lowest BCUT2D eigenvalue weighted by Gasteiger charge is -2.27. The van der Waals surface area contributed by atoms with E-state index in [0.29, 0.717) is 0 Å². The van der Waals surface area contributed by atoms with Gasteiger partial charge >= 0.3 is 0 Å². The number of hydrogen-bond acceptors (Lipinski definition) is 4. The molecule has 0 aromatic heterocycles. The third kappa shape index (κ3) is 3.63. The largest absolute Gasteiger partial charge is 0.504 e. The van der Waals surface area contributed by atoms with E-state index in [1.165, 1.54) is 0 Å². The zero-order chi connectivity index (χ0) is 14.8. The number of rotatable bonds is 3. The van der Waals surface area contributed by atoms with E-state index in [9.17, 15) is 10.2 Å². The van der Waals surface area contributed by atoms with Gasteiger partial charge in [0.2, 0.25) is 0 Å². The summed E-state index contributed by atoms with van der Waals surface area (Å²) < 4.78 is 0. The lowest BCUT2D eigenvalue weighted by atomic mass is 9.94. The molecule has 1 aliphatic rings. The highest BCUT2D eigenvalue weighted by molar-refractivity contribution is 7.99. The standard InChI is InChI=1S/C16H16ClNO2S.ClH/c17-12-3-1-2-4-16(12)21-9-13-11-8-15(20)14(19)7-10(11)5-6-18-13;/h1-4,7-8,13,18-20H,5-6,9H2;1H. The summed E-state index contributed by atoms with van der Waals surface area (Å²) in [5, 5.41) is 23.5. The van der Waals surface area contributed by atoms with Gasteiger partial charge in [0.25, 0.3) is 0 Å². The normalized spacial score (nSPS) is 16.7. The van der Waals surface area contributed by atoms with Gasteiger partial charge in [-0.3, -0.25) is 0 Å². The van der Waals surface area contributed by atoms with Crippen molar-refractivity contribution >= 4 is 35.8 Å². The number of aromatic hydroxyl groups is 2. The molecular formula is C16H17Cl2NO2S. The molecule has 0 radical (unpaired) electrons. The van der Waals surface area contributed by atoms with Gasteiger partial charge in [-0.15, -0.1) is 24.2 Å². The van der Waals surface area contributed by atoms with E-state index in [1.807, 2.05) is 24.3 Å². The lowest BCUT2D eigenvalue weighted by Crippen LogP contribution is -2.31. The third-order valence-corrected chi connectivity index (χ3v) is 5.25. The molecule has 2 aromatic carbocycles. The number of fused-ring (bicyclic) bond motifs is 1. The first-order valence-electron chi connectivity index (χ1n) is 6.80. The predicted molar refractivity (Wildman–Crippen MR) is 93.6 cm³/mol. The number of nitrogens with one attached hydrogen (secondary N) is 1. The fraction of sp³-hybridized carbons (Fsp3) is 0.250. The van der Waals surface area contributed by atoms with Crippen LogP contribution >= 0.6 is 35.8 Å². The zero-order valence-electron chi connectivity index (χ0n) is 11.8. The maximum Gasteiger partial charge on any atom is 0.157 e. The molecule has 2 aromatic rings. The second-order valence-electron chi connectivity index (χ2n) is 5.04. The molecule has 0 amide bonds. The summed E-state index contributed by atoms with van der Waals surface area (Å²) in [6, 6.07) is 11.2. The smallest absolute Gasteiger partial charge is 0.157 e. The Hall–Kier alpha value is -1.07. The van der Waals surface area contributed by atoms with Crippen molar-refractivity contribution in [3.05, 3.63) is 52.5 Å². The van der Waals surface area contributed by atoms with E-state index < -0.39 is 0 Å². The van der Waals surface area contributed by atoms with Crippen molar-refractivity contribution in [2.75, 3.05) is 12.3 Å². The average molecular weight is 358 g/mol. The van der Waals surface area contributed by atoms with Crippen LogP contribution in [-0.4, -0.2) is 22.5 Å². The van der Waals surface area contributed by atoms with Crippen LogP contribution < -0.4 is 5.32 Å². The summed E-state index contributed by atoms with van der Waals surface area (Å²) in [5.41, 5.74) is 2.14. The molecule has 0 fully saturated rings. The van der Waals surface area contributed by atoms with Gasteiger partial charge in [0, 0.05) is 16.7 Å². The lowest BCUT2D eigenvalue weighted by molar-refractivity contribution is 0.400. The first-order valence-corrected chi connectivity index (χ1v) is 8.17. The van der Waals surface area contributed by atoms with Gasteiger partial charge in [0.05, 0.1) is 5.02 Å². The summed E-state index contributed by atoms with van der Waals surface area (Å²) >= 11 is 7.86. The van der Waals surface area contributed by atoms with Crippen LogP contribution in [0.5, 0.6) is 11.5 Å². The molecule has 0 saturated heterocycles. The molecule has 1 heterocycles. The monoisotopic (exact) mass is 357 g/mol. The Morgan fingerprint density at radius 1 is 1.18 bits per heavy atom. The Kier molecular flexibility index (Phi) is 5.87. The van der Waals surface area contributed by atoms with E-state index in [2.05, 4.69) is 5.32 Å². The molecule has 22 heavy (non-hydrogen) atoms. The van der Waals surface area contributed by atoms with Crippen LogP contribution in [0.1, 0.15) is 17.2 Å². The summed E-state index contributed by atoms with van der Waals surface area (Å²) in [5.74, 6) is 0.708. The Morgan fingerprint density at radius 2 is 1.91 bits per heavy atom. The SMILES string of the molecule is Cl.Oc1cc2c(cc1O)C(CSc1ccccc1Cl)NCC2. The molecule has 118 valence electrons. The molecule has 0 saturated carbocycles. The third-order valence-electron chi connectivity index (χ3n) is 3.64. The minimum absolute atomic E-state index is 0. The van der Waals surface area contributed by atoms with Crippen LogP contribution in [0.4, 0.5) is 0 Å². The zero-order valence-corrected chi connectivity index (χ0v) is 14.1. The average Bonchev–Trinajstić information content (AvgIpc) is 2.48. The first-order chi connectivity index (χ1) is 10.1. The predicted octanol–water partition coefficient (Wildman–Crippen LogP) is 4.15. The fourth-order valence-electron chi connectivity index (χ4n) is 2.55. The number of phenols is 2. The summed E-state index contributed by atoms with van der Waals surface area (Å²) in [7, 11) is 0. The van der Waals surface area contributed by atoms with Crippen molar-refractivity contribution in [1.82, 2.24) is 5.32 Å². The summed E-state index contributed by atoms with van der Waals surface area (Å²) in [6.45, 7) is 0.866. The van der Waals surface area contributed by atoms with E-state index in [4.69, 9.17) is 11.6 Å². The Balaban J connectivity index is 0.00000176. The van der Waals surface area contributed by atoms with Crippen LogP contribution in [0.15, 0.2) is 41.3 Å². The van der Waals surface area contributed by atoms with Gasteiger partial charge < -0.3 is 15.5 Å². The van der Waals surface area contributed by atoms with E-state index in [0.717, 1.165) is 39.8 Å². The molecule has 3 N–H and O–H groups in total. The van der Waals surface area contributed by atoms with Crippen molar-refractivity contribution in [3.8, 4) is 11.5 Å². The minimum Gasteiger partial charge on any atom is -0.504 e. The Bertz CT molecular complexity index is 667. The highest BCUT2D eigenvalue weighted by atomic mass is 35.5. The Labute approximate surface area is 145 Å². The van der Waals surface area contributed by atoms with Crippen molar-refractivity contribution in [2.45, 2.75) is 17.4 Å². The van der Waals surface area contributed by atoms with Crippen LogP contribution in [0.25, 0.3) is 0 Å². The molecule has 3 nitrogen and oxygen atoms in total. The van der Waals surface area contributed by atoms with Gasteiger partial charge in [-0.05, 0) is 48.4 Å². The van der Waals surface area contributed by atoms with Crippen molar-refractivity contribution in [1.29, 1.82) is 0 Å². The minimum atomic E-state index is -0.0646. The molecule has 1 atom stereocenters. The van der Waals surface area contributed by atoms with Gasteiger partial charge in [-0.2, -0.15) is 0 Å². The van der Waals surface area contributed by atoms with E-state index >= 15 is 0 Å². The second kappa shape index (κ2) is 7.47. The maximum absolute atomic E-state index is 9.72. The van der Waals surface area contributed by atoms with Gasteiger partial charge in [-0.25, -0.2) is 0 Å². The Morgan fingerprint density at radius 3 is 2.68 bits per heavy atom. The number of halogens is 2.